The molecule has 9 rings (SSSR count). The van der Waals surface area contributed by atoms with Crippen LogP contribution in [0.1, 0.15) is 77.3 Å². The fourth-order valence-corrected chi connectivity index (χ4v) is 6.94. The topological polar surface area (TPSA) is 69.9 Å². The van der Waals surface area contributed by atoms with Crippen LogP contribution in [-0.2, 0) is 25.5 Å². The summed E-state index contributed by atoms with van der Waals surface area (Å²) in [4.78, 5) is 14.2. The van der Waals surface area contributed by atoms with Gasteiger partial charge in [0.15, 0.2) is 11.2 Å². The Morgan fingerprint density at radius 2 is 1.35 bits per heavy atom. The van der Waals surface area contributed by atoms with Crippen LogP contribution in [0.25, 0.3) is 72.4 Å². The number of furan rings is 1. The molecule has 273 valence electrons. The van der Waals surface area contributed by atoms with E-state index in [9.17, 15) is 0 Å². The van der Waals surface area contributed by atoms with Crippen LogP contribution < -0.4 is 0 Å². The Morgan fingerprint density at radius 1 is 0.630 bits per heavy atom. The van der Waals surface area contributed by atoms with E-state index in [1.807, 2.05) is 60.7 Å². The zero-order chi connectivity index (χ0) is 36.9. The third-order valence-electron chi connectivity index (χ3n) is 9.60. The molecule has 0 spiro atoms. The molecule has 0 aliphatic heterocycles. The summed E-state index contributed by atoms with van der Waals surface area (Å²) in [5.74, 6) is 2.18. The van der Waals surface area contributed by atoms with Crippen LogP contribution in [0.2, 0.25) is 0 Å². The molecule has 5 aromatic carbocycles. The zero-order valence-electron chi connectivity index (χ0n) is 31.6. The van der Waals surface area contributed by atoms with Crippen LogP contribution in [0, 0.1) is 12.1 Å². The van der Waals surface area contributed by atoms with Gasteiger partial charge in [-0.05, 0) is 59.0 Å². The normalized spacial score (nSPS) is 11.8. The van der Waals surface area contributed by atoms with Gasteiger partial charge >= 0.3 is 0 Å². The van der Waals surface area contributed by atoms with Crippen molar-refractivity contribution in [1.29, 1.82) is 0 Å². The second kappa shape index (κ2) is 14.8. The molecule has 0 saturated carbocycles. The second-order valence-electron chi connectivity index (χ2n) is 15.1. The molecule has 54 heavy (non-hydrogen) atoms. The van der Waals surface area contributed by atoms with Crippen molar-refractivity contribution in [1.82, 2.24) is 19.5 Å². The van der Waals surface area contributed by atoms with E-state index in [0.29, 0.717) is 28.9 Å². The van der Waals surface area contributed by atoms with Gasteiger partial charge in [-0.3, -0.25) is 4.98 Å². The number of fused-ring (bicyclic) bond motifs is 6. The first-order valence-corrected chi connectivity index (χ1v) is 18.3. The van der Waals surface area contributed by atoms with Crippen molar-refractivity contribution in [2.75, 3.05) is 0 Å². The van der Waals surface area contributed by atoms with E-state index in [1.165, 1.54) is 16.8 Å². The minimum Gasteiger partial charge on any atom is -0.497 e. The van der Waals surface area contributed by atoms with Crippen LogP contribution in [0.3, 0.4) is 0 Å². The summed E-state index contributed by atoms with van der Waals surface area (Å²) in [7, 11) is 0. The number of para-hydroxylation sites is 3. The first-order valence-electron chi connectivity index (χ1n) is 18.3. The van der Waals surface area contributed by atoms with Crippen LogP contribution in [0.5, 0.6) is 0 Å². The van der Waals surface area contributed by atoms with Gasteiger partial charge in [-0.2, -0.15) is 0 Å². The van der Waals surface area contributed by atoms with Gasteiger partial charge in [0.1, 0.15) is 5.52 Å². The van der Waals surface area contributed by atoms with Crippen LogP contribution >= 0.6 is 0 Å². The van der Waals surface area contributed by atoms with Crippen molar-refractivity contribution < 1.29 is 28.9 Å². The number of nitrogens with zero attached hydrogens (tertiary/aromatic N) is 4. The van der Waals surface area contributed by atoms with Crippen molar-refractivity contribution in [3.63, 3.8) is 0 Å². The van der Waals surface area contributed by atoms with Gasteiger partial charge < -0.3 is 18.4 Å². The molecule has 0 N–H and O–H groups in total. The average molecular weight is 887 g/mol. The monoisotopic (exact) mass is 887 g/mol. The number of benzene rings is 5. The predicted octanol–water partition coefficient (Wildman–Crippen LogP) is 12.6. The number of aromatic nitrogens is 4. The number of hydrogen-bond donors (Lipinski definition) is 0. The fourth-order valence-electron chi connectivity index (χ4n) is 6.94. The van der Waals surface area contributed by atoms with Crippen molar-refractivity contribution in [3.8, 4) is 28.3 Å². The van der Waals surface area contributed by atoms with Crippen LogP contribution in [0.4, 0.5) is 0 Å². The Bertz CT molecular complexity index is 2650. The Hall–Kier alpha value is -5.36. The molecular weight excluding hydrogens is 845 g/mol. The van der Waals surface area contributed by atoms with Gasteiger partial charge in [0.25, 0.3) is 0 Å². The molecule has 4 aromatic heterocycles. The SMILES string of the molecule is CC(C)c1cccc(C(C)C)c1-n1c(-c2[c-]ccc3c2oc2c3ccc3nc(C(C)(C)C)oc32)nc2ccccc21.[Ir].[c-]1ccccc1-c1ccccn1. The summed E-state index contributed by atoms with van der Waals surface area (Å²) in [5.41, 5.74) is 11.3. The first kappa shape index (κ1) is 37.0. The second-order valence-corrected chi connectivity index (χ2v) is 15.1. The third-order valence-corrected chi connectivity index (χ3v) is 9.60. The minimum atomic E-state index is -0.209. The third kappa shape index (κ3) is 6.68. The largest absolute Gasteiger partial charge is 0.497 e. The number of oxazole rings is 1. The Balaban J connectivity index is 0.000000294. The van der Waals surface area contributed by atoms with E-state index in [-0.39, 0.29) is 25.5 Å². The van der Waals surface area contributed by atoms with Crippen molar-refractivity contribution in [2.45, 2.75) is 65.7 Å². The summed E-state index contributed by atoms with van der Waals surface area (Å²) in [6, 6.07) is 43.5. The van der Waals surface area contributed by atoms with E-state index in [1.54, 1.807) is 6.20 Å². The van der Waals surface area contributed by atoms with Crippen LogP contribution in [0.15, 0.2) is 124 Å². The maximum atomic E-state index is 6.70. The minimum absolute atomic E-state index is 0. The first-order chi connectivity index (χ1) is 25.6. The molecule has 0 atom stereocenters. The molecule has 0 amide bonds. The van der Waals surface area contributed by atoms with Gasteiger partial charge in [-0.25, -0.2) is 4.98 Å². The van der Waals surface area contributed by atoms with Gasteiger partial charge in [-0.1, -0.05) is 102 Å². The summed E-state index contributed by atoms with van der Waals surface area (Å²) < 4.78 is 15.3. The standard InChI is InChI=1S/C36H34N3O2.C11H8N.Ir/c1-20(2)22-12-10-13-23(21(3)4)30(22)39-29-17-9-8-16-27(29)37-34(39)26-15-11-14-24-25-18-19-28-33(32(25)40-31(24)26)41-35(38-28)36(5,6)7;1-2-6-10(7-3-1)11-8-4-5-9-12-11;/h8-14,16-21H,1-7H3;1-6,8-9H;/q2*-1;. The summed E-state index contributed by atoms with van der Waals surface area (Å²) in [5, 5.41) is 2.00. The van der Waals surface area contributed by atoms with Gasteiger partial charge in [0.2, 0.25) is 5.89 Å². The Kier molecular flexibility index (Phi) is 10.1. The van der Waals surface area contributed by atoms with Crippen molar-refractivity contribution in [3.05, 3.63) is 145 Å². The molecular formula is C47H42IrN4O2-2. The number of rotatable bonds is 5. The molecule has 1 radical (unpaired) electrons. The van der Waals surface area contributed by atoms with E-state index in [2.05, 4.69) is 119 Å². The van der Waals surface area contributed by atoms with Gasteiger partial charge in [0.05, 0.1) is 22.4 Å². The molecule has 0 aliphatic rings. The molecule has 7 heteroatoms. The van der Waals surface area contributed by atoms with Crippen molar-refractivity contribution >= 4 is 44.1 Å². The summed E-state index contributed by atoms with van der Waals surface area (Å²) in [6.07, 6.45) is 1.79. The average Bonchev–Trinajstić information content (AvgIpc) is 3.89. The molecule has 0 aliphatic carbocycles. The van der Waals surface area contributed by atoms with E-state index in [4.69, 9.17) is 18.8 Å². The van der Waals surface area contributed by atoms with Gasteiger partial charge in [0, 0.05) is 42.8 Å². The van der Waals surface area contributed by atoms with Crippen molar-refractivity contribution in [2.24, 2.45) is 0 Å². The smallest absolute Gasteiger partial charge is 0.201 e. The number of imidazole rings is 1. The van der Waals surface area contributed by atoms with Crippen LogP contribution in [-0.4, -0.2) is 19.5 Å². The Labute approximate surface area is 329 Å². The molecule has 4 heterocycles. The van der Waals surface area contributed by atoms with E-state index >= 15 is 0 Å². The molecule has 0 unspecified atom stereocenters. The molecule has 9 aromatic rings. The molecule has 6 nitrogen and oxygen atoms in total. The Morgan fingerprint density at radius 3 is 2.04 bits per heavy atom. The maximum Gasteiger partial charge on any atom is 0.201 e. The fraction of sp³-hybridized carbons (Fsp3) is 0.213. The maximum absolute atomic E-state index is 6.70. The zero-order valence-corrected chi connectivity index (χ0v) is 34.0. The quantitative estimate of drug-likeness (QED) is 0.161. The van der Waals surface area contributed by atoms with E-state index in [0.717, 1.165) is 55.6 Å². The predicted molar refractivity (Wildman–Crippen MR) is 216 cm³/mol. The number of pyridine rings is 1. The molecule has 0 fully saturated rings. The molecule has 0 saturated heterocycles. The van der Waals surface area contributed by atoms with E-state index < -0.39 is 0 Å². The molecule has 0 bridgehead atoms. The number of hydrogen-bond acceptors (Lipinski definition) is 5. The summed E-state index contributed by atoms with van der Waals surface area (Å²) in [6.45, 7) is 15.3. The van der Waals surface area contributed by atoms with Gasteiger partial charge in [-0.15, -0.1) is 54.1 Å². The summed E-state index contributed by atoms with van der Waals surface area (Å²) >= 11 is 0.